The molecule has 5 nitrogen and oxygen atoms in total. The Bertz CT molecular complexity index is 656. The molecule has 0 saturated heterocycles. The summed E-state index contributed by atoms with van der Waals surface area (Å²) in [5, 5.41) is 0. The van der Waals surface area contributed by atoms with Crippen molar-refractivity contribution < 1.29 is 0 Å². The van der Waals surface area contributed by atoms with Crippen LogP contribution in [0.4, 0.5) is 0 Å². The van der Waals surface area contributed by atoms with Gasteiger partial charge in [-0.25, -0.2) is 9.97 Å². The fourth-order valence-electron chi connectivity index (χ4n) is 2.53. The van der Waals surface area contributed by atoms with Crippen LogP contribution in [0, 0.1) is 0 Å². The van der Waals surface area contributed by atoms with Crippen LogP contribution in [0.2, 0.25) is 0 Å². The van der Waals surface area contributed by atoms with E-state index in [2.05, 4.69) is 30.2 Å². The van der Waals surface area contributed by atoms with Crippen LogP contribution in [0.25, 0.3) is 0 Å². The number of imidazole rings is 2. The topological polar surface area (TPSA) is 48.5 Å². The van der Waals surface area contributed by atoms with E-state index in [-0.39, 0.29) is 5.92 Å². The third-order valence-corrected chi connectivity index (χ3v) is 3.81. The van der Waals surface area contributed by atoms with Crippen LogP contribution in [0.1, 0.15) is 23.3 Å². The quantitative estimate of drug-likeness (QED) is 0.719. The number of nitrogens with zero attached hydrogens (tertiary/aromatic N) is 5. The van der Waals surface area contributed by atoms with Crippen molar-refractivity contribution in [2.45, 2.75) is 18.8 Å². The summed E-state index contributed by atoms with van der Waals surface area (Å²) in [7, 11) is 4.05. The van der Waals surface area contributed by atoms with Gasteiger partial charge in [0.15, 0.2) is 0 Å². The zero-order valence-electron chi connectivity index (χ0n) is 12.3. The molecule has 21 heavy (non-hydrogen) atoms. The van der Waals surface area contributed by atoms with Crippen LogP contribution in [0.15, 0.2) is 49.2 Å². The van der Waals surface area contributed by atoms with Gasteiger partial charge in [0.2, 0.25) is 0 Å². The summed E-state index contributed by atoms with van der Waals surface area (Å²) in [4.78, 5) is 13.4. The third-order valence-electron chi connectivity index (χ3n) is 3.81. The molecular weight excluding hydrogens is 262 g/mol. The molecule has 3 rings (SSSR count). The van der Waals surface area contributed by atoms with Crippen molar-refractivity contribution in [3.63, 3.8) is 0 Å². The van der Waals surface area contributed by atoms with Crippen LogP contribution >= 0.6 is 0 Å². The molecule has 3 aromatic rings. The summed E-state index contributed by atoms with van der Waals surface area (Å²) in [6, 6.07) is 6.06. The second-order valence-corrected chi connectivity index (χ2v) is 5.27. The fourth-order valence-corrected chi connectivity index (χ4v) is 2.53. The molecule has 3 heterocycles. The first-order chi connectivity index (χ1) is 10.2. The van der Waals surface area contributed by atoms with E-state index in [1.807, 2.05) is 57.2 Å². The fraction of sp³-hybridized carbons (Fsp3) is 0.312. The van der Waals surface area contributed by atoms with Gasteiger partial charge in [-0.05, 0) is 12.1 Å². The lowest BCUT2D eigenvalue weighted by atomic mass is 9.96. The van der Waals surface area contributed by atoms with Crippen molar-refractivity contribution in [1.82, 2.24) is 24.1 Å². The normalized spacial score (nSPS) is 11.2. The van der Waals surface area contributed by atoms with E-state index in [9.17, 15) is 0 Å². The molecule has 0 aliphatic heterocycles. The van der Waals surface area contributed by atoms with Gasteiger partial charge >= 0.3 is 0 Å². The standard InChI is InChI=1S/C16H19N5/c1-20-9-7-18-15(20)11-13(14-5-3-4-6-17-14)12-16-19-8-10-21(16)2/h3-10,13H,11-12H2,1-2H3. The van der Waals surface area contributed by atoms with Crippen LogP contribution in [-0.2, 0) is 26.9 Å². The molecule has 0 radical (unpaired) electrons. The average molecular weight is 281 g/mol. The molecule has 5 heteroatoms. The highest BCUT2D eigenvalue weighted by atomic mass is 15.0. The summed E-state index contributed by atoms with van der Waals surface area (Å²) in [6.07, 6.45) is 11.2. The predicted octanol–water partition coefficient (Wildman–Crippen LogP) is 2.12. The molecule has 108 valence electrons. The van der Waals surface area contributed by atoms with Crippen molar-refractivity contribution in [3.8, 4) is 0 Å². The molecule has 0 aromatic carbocycles. The van der Waals surface area contributed by atoms with E-state index in [0.717, 1.165) is 30.2 Å². The Morgan fingerprint density at radius 1 is 0.857 bits per heavy atom. The molecule has 0 amide bonds. The molecule has 0 aliphatic rings. The van der Waals surface area contributed by atoms with Gasteiger partial charge in [-0.3, -0.25) is 4.98 Å². The molecule has 0 spiro atoms. The third kappa shape index (κ3) is 3.02. The number of rotatable bonds is 5. The zero-order valence-corrected chi connectivity index (χ0v) is 12.3. The van der Waals surface area contributed by atoms with Crippen molar-refractivity contribution in [1.29, 1.82) is 0 Å². The Balaban J connectivity index is 1.88. The number of hydrogen-bond donors (Lipinski definition) is 0. The molecule has 0 fully saturated rings. The largest absolute Gasteiger partial charge is 0.338 e. The Kier molecular flexibility index (Phi) is 3.81. The summed E-state index contributed by atoms with van der Waals surface area (Å²) < 4.78 is 4.13. The highest BCUT2D eigenvalue weighted by Gasteiger charge is 2.18. The van der Waals surface area contributed by atoms with Crippen LogP contribution in [0.3, 0.4) is 0 Å². The highest BCUT2D eigenvalue weighted by molar-refractivity contribution is 5.14. The molecule has 0 atom stereocenters. The van der Waals surface area contributed by atoms with Crippen LogP contribution in [0.5, 0.6) is 0 Å². The molecule has 0 saturated carbocycles. The Morgan fingerprint density at radius 2 is 1.48 bits per heavy atom. The number of hydrogen-bond acceptors (Lipinski definition) is 3. The van der Waals surface area contributed by atoms with Gasteiger partial charge in [-0.15, -0.1) is 0 Å². The van der Waals surface area contributed by atoms with Crippen molar-refractivity contribution in [2.24, 2.45) is 14.1 Å². The van der Waals surface area contributed by atoms with Gasteiger partial charge < -0.3 is 9.13 Å². The van der Waals surface area contributed by atoms with Gasteiger partial charge in [0.05, 0.1) is 0 Å². The molecule has 0 unspecified atom stereocenters. The second-order valence-electron chi connectivity index (χ2n) is 5.27. The van der Waals surface area contributed by atoms with E-state index in [0.29, 0.717) is 0 Å². The van der Waals surface area contributed by atoms with Crippen molar-refractivity contribution in [2.75, 3.05) is 0 Å². The molecular formula is C16H19N5. The van der Waals surface area contributed by atoms with E-state index in [1.54, 1.807) is 0 Å². The van der Waals surface area contributed by atoms with Gasteiger partial charge in [0, 0.05) is 69.5 Å². The van der Waals surface area contributed by atoms with Crippen molar-refractivity contribution >= 4 is 0 Å². The Labute approximate surface area is 124 Å². The summed E-state index contributed by atoms with van der Waals surface area (Å²) in [5.41, 5.74) is 1.09. The highest BCUT2D eigenvalue weighted by Crippen LogP contribution is 2.22. The molecule has 0 bridgehead atoms. The van der Waals surface area contributed by atoms with E-state index in [4.69, 9.17) is 0 Å². The second kappa shape index (κ2) is 5.91. The lowest BCUT2D eigenvalue weighted by molar-refractivity contribution is 0.589. The maximum Gasteiger partial charge on any atom is 0.109 e. The van der Waals surface area contributed by atoms with E-state index >= 15 is 0 Å². The lowest BCUT2D eigenvalue weighted by Crippen LogP contribution is -2.13. The SMILES string of the molecule is Cn1ccnc1CC(Cc1nccn1C)c1ccccn1. The van der Waals surface area contributed by atoms with Gasteiger partial charge in [0.25, 0.3) is 0 Å². The zero-order chi connectivity index (χ0) is 14.7. The number of pyridine rings is 1. The molecule has 0 N–H and O–H groups in total. The summed E-state index contributed by atoms with van der Waals surface area (Å²) in [6.45, 7) is 0. The van der Waals surface area contributed by atoms with Crippen LogP contribution in [-0.4, -0.2) is 24.1 Å². The lowest BCUT2D eigenvalue weighted by Gasteiger charge is -2.16. The molecule has 0 aliphatic carbocycles. The smallest absolute Gasteiger partial charge is 0.109 e. The van der Waals surface area contributed by atoms with E-state index in [1.165, 1.54) is 0 Å². The Hall–Kier alpha value is -2.43. The number of aromatic nitrogens is 5. The first kappa shape index (κ1) is 13.5. The minimum absolute atomic E-state index is 0.272. The predicted molar refractivity (Wildman–Crippen MR) is 80.8 cm³/mol. The summed E-state index contributed by atoms with van der Waals surface area (Å²) in [5.74, 6) is 2.41. The molecule has 3 aromatic heterocycles. The first-order valence-electron chi connectivity index (χ1n) is 7.07. The van der Waals surface area contributed by atoms with Gasteiger partial charge in [-0.1, -0.05) is 6.07 Å². The average Bonchev–Trinajstić information content (AvgIpc) is 3.09. The maximum absolute atomic E-state index is 4.53. The van der Waals surface area contributed by atoms with Gasteiger partial charge in [0.1, 0.15) is 11.6 Å². The van der Waals surface area contributed by atoms with Crippen molar-refractivity contribution in [3.05, 3.63) is 66.5 Å². The van der Waals surface area contributed by atoms with Gasteiger partial charge in [-0.2, -0.15) is 0 Å². The first-order valence-corrected chi connectivity index (χ1v) is 7.07. The monoisotopic (exact) mass is 281 g/mol. The number of aryl methyl sites for hydroxylation is 2. The minimum Gasteiger partial charge on any atom is -0.338 e. The summed E-state index contributed by atoms with van der Waals surface area (Å²) >= 11 is 0. The van der Waals surface area contributed by atoms with E-state index < -0.39 is 0 Å². The Morgan fingerprint density at radius 3 is 1.90 bits per heavy atom. The minimum atomic E-state index is 0.272. The van der Waals surface area contributed by atoms with Crippen LogP contribution < -0.4 is 0 Å². The maximum atomic E-state index is 4.53.